The second-order valence-electron chi connectivity index (χ2n) is 4.78. The third-order valence-corrected chi connectivity index (χ3v) is 3.95. The molecule has 2 nitrogen and oxygen atoms in total. The smallest absolute Gasteiger partial charge is 0.142 e. The molecule has 0 aliphatic carbocycles. The highest BCUT2D eigenvalue weighted by Crippen LogP contribution is 2.36. The molecule has 0 aliphatic rings. The molecular weight excluding hydrogens is 314 g/mol. The van der Waals surface area contributed by atoms with E-state index in [1.165, 1.54) is 5.39 Å². The summed E-state index contributed by atoms with van der Waals surface area (Å²) >= 11 is 3.62. The lowest BCUT2D eigenvalue weighted by molar-refractivity contribution is 0.480. The minimum Gasteiger partial charge on any atom is -0.456 e. The molecular formula is C17H14BrNO. The predicted octanol–water partition coefficient (Wildman–Crippen LogP) is 5.29. The van der Waals surface area contributed by atoms with E-state index in [0.29, 0.717) is 5.69 Å². The number of benzene rings is 3. The van der Waals surface area contributed by atoms with Crippen LogP contribution in [-0.4, -0.2) is 0 Å². The molecule has 2 N–H and O–H groups in total. The molecule has 0 aromatic heterocycles. The molecule has 3 aromatic rings. The van der Waals surface area contributed by atoms with Crippen molar-refractivity contribution in [2.45, 2.75) is 6.92 Å². The highest BCUT2D eigenvalue weighted by atomic mass is 79.9. The molecule has 3 aromatic carbocycles. The first-order chi connectivity index (χ1) is 9.63. The van der Waals surface area contributed by atoms with Crippen LogP contribution in [0.1, 0.15) is 5.56 Å². The van der Waals surface area contributed by atoms with E-state index in [2.05, 4.69) is 34.1 Å². The fourth-order valence-electron chi connectivity index (χ4n) is 2.25. The van der Waals surface area contributed by atoms with E-state index in [0.717, 1.165) is 26.9 Å². The minimum absolute atomic E-state index is 0.705. The third kappa shape index (κ3) is 2.49. The average molecular weight is 328 g/mol. The summed E-state index contributed by atoms with van der Waals surface area (Å²) in [6.45, 7) is 2.00. The Morgan fingerprint density at radius 1 is 1.00 bits per heavy atom. The predicted molar refractivity (Wildman–Crippen MR) is 87.3 cm³/mol. The number of nitrogen functional groups attached to an aromatic ring is 1. The van der Waals surface area contributed by atoms with Gasteiger partial charge in [0.05, 0.1) is 4.47 Å². The standard InChI is InChI=1S/C17H14BrNO/c1-11-8-13(19)10-14(9-11)20-16-7-6-12-4-2-3-5-15(12)17(16)18/h2-10H,19H2,1H3. The van der Waals surface area contributed by atoms with Crippen LogP contribution in [0.25, 0.3) is 10.8 Å². The maximum absolute atomic E-state index is 5.95. The number of halogens is 1. The van der Waals surface area contributed by atoms with Crippen molar-refractivity contribution in [2.75, 3.05) is 5.73 Å². The summed E-state index contributed by atoms with van der Waals surface area (Å²) in [4.78, 5) is 0. The van der Waals surface area contributed by atoms with Crippen LogP contribution in [0.2, 0.25) is 0 Å². The summed E-state index contributed by atoms with van der Waals surface area (Å²) in [6.07, 6.45) is 0. The summed E-state index contributed by atoms with van der Waals surface area (Å²) in [5.41, 5.74) is 7.64. The Morgan fingerprint density at radius 3 is 2.60 bits per heavy atom. The number of hydrogen-bond donors (Lipinski definition) is 1. The van der Waals surface area contributed by atoms with Gasteiger partial charge in [-0.25, -0.2) is 0 Å². The van der Waals surface area contributed by atoms with Gasteiger partial charge in [-0.1, -0.05) is 30.3 Å². The third-order valence-electron chi connectivity index (χ3n) is 3.13. The zero-order valence-corrected chi connectivity index (χ0v) is 12.6. The molecule has 0 saturated heterocycles. The molecule has 0 spiro atoms. The number of ether oxygens (including phenoxy) is 1. The monoisotopic (exact) mass is 327 g/mol. The van der Waals surface area contributed by atoms with Crippen molar-refractivity contribution in [3.05, 3.63) is 64.6 Å². The van der Waals surface area contributed by atoms with Crippen LogP contribution in [0.15, 0.2) is 59.1 Å². The number of aryl methyl sites for hydroxylation is 1. The van der Waals surface area contributed by atoms with Crippen molar-refractivity contribution in [3.63, 3.8) is 0 Å². The molecule has 0 heterocycles. The van der Waals surface area contributed by atoms with Gasteiger partial charge in [-0.05, 0) is 57.4 Å². The summed E-state index contributed by atoms with van der Waals surface area (Å²) in [6, 6.07) is 17.9. The van der Waals surface area contributed by atoms with Gasteiger partial charge in [0, 0.05) is 11.8 Å². The Hall–Kier alpha value is -2.00. The van der Waals surface area contributed by atoms with Gasteiger partial charge < -0.3 is 10.5 Å². The molecule has 0 aliphatic heterocycles. The fourth-order valence-corrected chi connectivity index (χ4v) is 2.83. The highest BCUT2D eigenvalue weighted by Gasteiger charge is 2.07. The van der Waals surface area contributed by atoms with E-state index in [9.17, 15) is 0 Å². The van der Waals surface area contributed by atoms with Gasteiger partial charge in [-0.2, -0.15) is 0 Å². The van der Waals surface area contributed by atoms with Gasteiger partial charge in [0.2, 0.25) is 0 Å². The van der Waals surface area contributed by atoms with Crippen molar-refractivity contribution >= 4 is 32.4 Å². The first-order valence-electron chi connectivity index (χ1n) is 6.36. The Morgan fingerprint density at radius 2 is 1.80 bits per heavy atom. The van der Waals surface area contributed by atoms with Crippen LogP contribution in [0.4, 0.5) is 5.69 Å². The van der Waals surface area contributed by atoms with E-state index in [-0.39, 0.29) is 0 Å². The summed E-state index contributed by atoms with van der Waals surface area (Å²) in [5, 5.41) is 2.31. The summed E-state index contributed by atoms with van der Waals surface area (Å²) < 4.78 is 6.91. The lowest BCUT2D eigenvalue weighted by atomic mass is 10.1. The van der Waals surface area contributed by atoms with Crippen LogP contribution >= 0.6 is 15.9 Å². The molecule has 0 unspecified atom stereocenters. The van der Waals surface area contributed by atoms with Crippen LogP contribution < -0.4 is 10.5 Å². The number of hydrogen-bond acceptors (Lipinski definition) is 2. The maximum Gasteiger partial charge on any atom is 0.142 e. The topological polar surface area (TPSA) is 35.2 Å². The zero-order valence-electron chi connectivity index (χ0n) is 11.1. The normalized spacial score (nSPS) is 10.7. The lowest BCUT2D eigenvalue weighted by Gasteiger charge is -2.11. The van der Waals surface area contributed by atoms with Gasteiger partial charge in [-0.3, -0.25) is 0 Å². The Bertz CT molecular complexity index is 763. The SMILES string of the molecule is Cc1cc(N)cc(Oc2ccc3ccccc3c2Br)c1. The molecule has 3 heteroatoms. The minimum atomic E-state index is 0.705. The van der Waals surface area contributed by atoms with Gasteiger partial charge in [0.1, 0.15) is 11.5 Å². The largest absolute Gasteiger partial charge is 0.456 e. The lowest BCUT2D eigenvalue weighted by Crippen LogP contribution is -1.91. The van der Waals surface area contributed by atoms with Crippen molar-refractivity contribution in [3.8, 4) is 11.5 Å². The molecule has 0 saturated carbocycles. The summed E-state index contributed by atoms with van der Waals surface area (Å²) in [5.74, 6) is 1.53. The average Bonchev–Trinajstić information content (AvgIpc) is 2.41. The second kappa shape index (κ2) is 5.17. The van der Waals surface area contributed by atoms with Gasteiger partial charge in [0.15, 0.2) is 0 Å². The molecule has 0 atom stereocenters. The van der Waals surface area contributed by atoms with Crippen LogP contribution in [0, 0.1) is 6.92 Å². The first kappa shape index (κ1) is 13.0. The van der Waals surface area contributed by atoms with Crippen molar-refractivity contribution < 1.29 is 4.74 Å². The van der Waals surface area contributed by atoms with Crippen LogP contribution in [0.3, 0.4) is 0 Å². The number of nitrogens with two attached hydrogens (primary N) is 1. The Labute approximate surface area is 126 Å². The molecule has 0 fully saturated rings. The number of rotatable bonds is 2. The quantitative estimate of drug-likeness (QED) is 0.649. The van der Waals surface area contributed by atoms with Gasteiger partial charge in [-0.15, -0.1) is 0 Å². The van der Waals surface area contributed by atoms with E-state index >= 15 is 0 Å². The van der Waals surface area contributed by atoms with Crippen molar-refractivity contribution in [2.24, 2.45) is 0 Å². The van der Waals surface area contributed by atoms with E-state index in [1.54, 1.807) is 0 Å². The van der Waals surface area contributed by atoms with E-state index in [1.807, 2.05) is 43.3 Å². The van der Waals surface area contributed by atoms with Crippen molar-refractivity contribution in [1.82, 2.24) is 0 Å². The fraction of sp³-hybridized carbons (Fsp3) is 0.0588. The first-order valence-corrected chi connectivity index (χ1v) is 7.15. The molecule has 20 heavy (non-hydrogen) atoms. The Balaban J connectivity index is 2.04. The maximum atomic E-state index is 5.95. The highest BCUT2D eigenvalue weighted by molar-refractivity contribution is 9.10. The van der Waals surface area contributed by atoms with Crippen LogP contribution in [-0.2, 0) is 0 Å². The number of fused-ring (bicyclic) bond motifs is 1. The van der Waals surface area contributed by atoms with E-state index < -0.39 is 0 Å². The molecule has 0 radical (unpaired) electrons. The second-order valence-corrected chi connectivity index (χ2v) is 5.57. The Kier molecular flexibility index (Phi) is 3.36. The molecule has 100 valence electrons. The molecule has 0 bridgehead atoms. The number of anilines is 1. The van der Waals surface area contributed by atoms with Gasteiger partial charge in [0.25, 0.3) is 0 Å². The molecule has 0 amide bonds. The van der Waals surface area contributed by atoms with Gasteiger partial charge >= 0.3 is 0 Å². The zero-order chi connectivity index (χ0) is 14.1. The van der Waals surface area contributed by atoms with Crippen LogP contribution in [0.5, 0.6) is 11.5 Å². The van der Waals surface area contributed by atoms with E-state index in [4.69, 9.17) is 10.5 Å². The molecule has 3 rings (SSSR count). The van der Waals surface area contributed by atoms with Crippen molar-refractivity contribution in [1.29, 1.82) is 0 Å². The summed E-state index contributed by atoms with van der Waals surface area (Å²) in [7, 11) is 0.